The minimum absolute atomic E-state index is 0.807. The van der Waals surface area contributed by atoms with Crippen molar-refractivity contribution in [2.45, 2.75) is 78.6 Å². The summed E-state index contributed by atoms with van der Waals surface area (Å²) in [7, 11) is 0. The smallest absolute Gasteiger partial charge is 0.0271 e. The summed E-state index contributed by atoms with van der Waals surface area (Å²) in [6.07, 6.45) is 13.2. The lowest BCUT2D eigenvalue weighted by molar-refractivity contribution is 0.291. The van der Waals surface area contributed by atoms with Gasteiger partial charge in [0, 0.05) is 0 Å². The van der Waals surface area contributed by atoms with Gasteiger partial charge in [0.05, 0.1) is 0 Å². The van der Waals surface area contributed by atoms with Crippen molar-refractivity contribution in [3.63, 3.8) is 0 Å². The Hall–Kier alpha value is 0. The minimum atomic E-state index is 0.807. The van der Waals surface area contributed by atoms with E-state index in [0.29, 0.717) is 0 Å². The van der Waals surface area contributed by atoms with Crippen molar-refractivity contribution >= 4 is 0 Å². The molecule has 1 aliphatic rings. The van der Waals surface area contributed by atoms with Gasteiger partial charge in [0.2, 0.25) is 0 Å². The predicted molar refractivity (Wildman–Crippen MR) is 64.5 cm³/mol. The molecule has 0 aromatic heterocycles. The number of hydrogen-bond acceptors (Lipinski definition) is 0. The van der Waals surface area contributed by atoms with Crippen LogP contribution in [0.1, 0.15) is 78.6 Å². The van der Waals surface area contributed by atoms with Gasteiger partial charge in [-0.1, -0.05) is 59.3 Å². The lowest BCUT2D eigenvalue weighted by Gasteiger charge is -2.21. The molecule has 1 saturated carbocycles. The van der Waals surface area contributed by atoms with Crippen LogP contribution in [0.5, 0.6) is 0 Å². The molecule has 0 aliphatic heterocycles. The van der Waals surface area contributed by atoms with Crippen LogP contribution >= 0.6 is 0 Å². The third kappa shape index (κ3) is 3.29. The van der Waals surface area contributed by atoms with Gasteiger partial charge >= 0.3 is 0 Å². The first-order valence-electron chi connectivity index (χ1n) is 6.75. The first-order chi connectivity index (χ1) is 6.75. The van der Waals surface area contributed by atoms with E-state index < -0.39 is 0 Å². The highest BCUT2D eigenvalue weighted by molar-refractivity contribution is 4.96. The molecule has 1 atom stereocenters. The highest BCUT2D eigenvalue weighted by Crippen LogP contribution is 2.56. The molecule has 0 aromatic rings. The fourth-order valence-corrected chi connectivity index (χ4v) is 2.66. The van der Waals surface area contributed by atoms with Crippen molar-refractivity contribution in [3.05, 3.63) is 0 Å². The summed E-state index contributed by atoms with van der Waals surface area (Å²) in [6.45, 7) is 7.10. The molecular weight excluding hydrogens is 168 g/mol. The van der Waals surface area contributed by atoms with Gasteiger partial charge in [0.25, 0.3) is 0 Å². The maximum absolute atomic E-state index is 2.46. The summed E-state index contributed by atoms with van der Waals surface area (Å²) in [4.78, 5) is 0. The Morgan fingerprint density at radius 3 is 2.14 bits per heavy atom. The molecule has 1 rings (SSSR count). The molecule has 0 saturated heterocycles. The van der Waals surface area contributed by atoms with Gasteiger partial charge < -0.3 is 0 Å². The lowest BCUT2D eigenvalue weighted by Crippen LogP contribution is -2.11. The van der Waals surface area contributed by atoms with Crippen LogP contribution in [0.4, 0.5) is 0 Å². The van der Waals surface area contributed by atoms with E-state index in [-0.39, 0.29) is 0 Å². The van der Waals surface area contributed by atoms with E-state index >= 15 is 0 Å². The Morgan fingerprint density at radius 1 is 1.00 bits per heavy atom. The second-order valence-electron chi connectivity index (χ2n) is 5.34. The van der Waals surface area contributed by atoms with Gasteiger partial charge in [0.15, 0.2) is 0 Å². The van der Waals surface area contributed by atoms with Crippen molar-refractivity contribution in [1.82, 2.24) is 0 Å². The summed E-state index contributed by atoms with van der Waals surface area (Å²) in [5.74, 6) is 0.980. The maximum Gasteiger partial charge on any atom is -0.0271 e. The molecule has 0 heteroatoms. The molecule has 0 amide bonds. The second-order valence-corrected chi connectivity index (χ2v) is 5.34. The molecular formula is C14H28. The van der Waals surface area contributed by atoms with Crippen LogP contribution in [-0.2, 0) is 0 Å². The molecule has 0 radical (unpaired) electrons. The van der Waals surface area contributed by atoms with Gasteiger partial charge in [-0.3, -0.25) is 0 Å². The van der Waals surface area contributed by atoms with Crippen LogP contribution in [0.2, 0.25) is 0 Å². The predicted octanol–water partition coefficient (Wildman–Crippen LogP) is 5.17. The fraction of sp³-hybridized carbons (Fsp3) is 1.00. The van der Waals surface area contributed by atoms with E-state index in [1.54, 1.807) is 0 Å². The molecule has 0 nitrogen and oxygen atoms in total. The average molecular weight is 196 g/mol. The van der Waals surface area contributed by atoms with E-state index in [0.717, 1.165) is 11.3 Å². The van der Waals surface area contributed by atoms with Crippen molar-refractivity contribution < 1.29 is 0 Å². The van der Waals surface area contributed by atoms with Crippen LogP contribution in [0.25, 0.3) is 0 Å². The molecule has 1 aliphatic carbocycles. The van der Waals surface area contributed by atoms with Crippen LogP contribution in [0.3, 0.4) is 0 Å². The summed E-state index contributed by atoms with van der Waals surface area (Å²) >= 11 is 0. The Balaban J connectivity index is 2.06. The molecule has 84 valence electrons. The molecule has 0 N–H and O–H groups in total. The SMILES string of the molecule is CCCCCCCC1(C(C)CC)CC1. The van der Waals surface area contributed by atoms with Gasteiger partial charge in [-0.25, -0.2) is 0 Å². The summed E-state index contributed by atoms with van der Waals surface area (Å²) < 4.78 is 0. The van der Waals surface area contributed by atoms with Crippen LogP contribution in [0.15, 0.2) is 0 Å². The Kier molecular flexibility index (Phi) is 4.98. The maximum atomic E-state index is 2.46. The van der Waals surface area contributed by atoms with Crippen molar-refractivity contribution in [2.24, 2.45) is 11.3 Å². The van der Waals surface area contributed by atoms with E-state index in [2.05, 4.69) is 20.8 Å². The largest absolute Gasteiger partial charge is 0.0654 e. The Bertz CT molecular complexity index is 144. The number of rotatable bonds is 8. The van der Waals surface area contributed by atoms with Crippen molar-refractivity contribution in [3.8, 4) is 0 Å². The van der Waals surface area contributed by atoms with Crippen molar-refractivity contribution in [2.75, 3.05) is 0 Å². The molecule has 1 fully saturated rings. The summed E-state index contributed by atoms with van der Waals surface area (Å²) in [6, 6.07) is 0. The van der Waals surface area contributed by atoms with Gasteiger partial charge in [-0.05, 0) is 30.6 Å². The third-order valence-electron chi connectivity index (χ3n) is 4.33. The zero-order valence-electron chi connectivity index (χ0n) is 10.4. The fourth-order valence-electron chi connectivity index (χ4n) is 2.66. The number of hydrogen-bond donors (Lipinski definition) is 0. The van der Waals surface area contributed by atoms with Crippen LogP contribution in [-0.4, -0.2) is 0 Å². The number of unbranched alkanes of at least 4 members (excludes halogenated alkanes) is 4. The lowest BCUT2D eigenvalue weighted by atomic mass is 9.84. The second kappa shape index (κ2) is 5.78. The molecule has 1 unspecified atom stereocenters. The normalized spacial score (nSPS) is 20.8. The Labute approximate surface area is 90.5 Å². The molecule has 0 aromatic carbocycles. The van der Waals surface area contributed by atoms with Crippen LogP contribution in [0, 0.1) is 11.3 Å². The van der Waals surface area contributed by atoms with Crippen molar-refractivity contribution in [1.29, 1.82) is 0 Å². The highest BCUT2D eigenvalue weighted by Gasteiger charge is 2.45. The minimum Gasteiger partial charge on any atom is -0.0654 e. The quantitative estimate of drug-likeness (QED) is 0.470. The van der Waals surface area contributed by atoms with E-state index in [4.69, 9.17) is 0 Å². The first kappa shape index (κ1) is 12.1. The van der Waals surface area contributed by atoms with E-state index in [1.165, 1.54) is 57.8 Å². The first-order valence-corrected chi connectivity index (χ1v) is 6.75. The molecule has 14 heavy (non-hydrogen) atoms. The summed E-state index contributed by atoms with van der Waals surface area (Å²) in [5, 5.41) is 0. The average Bonchev–Trinajstić information content (AvgIpc) is 2.98. The Morgan fingerprint density at radius 2 is 1.64 bits per heavy atom. The van der Waals surface area contributed by atoms with Crippen LogP contribution < -0.4 is 0 Å². The monoisotopic (exact) mass is 196 g/mol. The molecule has 0 bridgehead atoms. The van der Waals surface area contributed by atoms with Gasteiger partial charge in [-0.15, -0.1) is 0 Å². The zero-order valence-corrected chi connectivity index (χ0v) is 10.4. The van der Waals surface area contributed by atoms with Gasteiger partial charge in [-0.2, -0.15) is 0 Å². The third-order valence-corrected chi connectivity index (χ3v) is 4.33. The molecule has 0 heterocycles. The van der Waals surface area contributed by atoms with Gasteiger partial charge in [0.1, 0.15) is 0 Å². The summed E-state index contributed by atoms with van der Waals surface area (Å²) in [5.41, 5.74) is 0.807. The molecule has 0 spiro atoms. The topological polar surface area (TPSA) is 0 Å². The zero-order chi connectivity index (χ0) is 10.4. The standard InChI is InChI=1S/C14H28/c1-4-6-7-8-9-10-14(11-12-14)13(3)5-2/h13H,4-12H2,1-3H3. The highest BCUT2D eigenvalue weighted by atomic mass is 14.5. The van der Waals surface area contributed by atoms with E-state index in [9.17, 15) is 0 Å². The van der Waals surface area contributed by atoms with E-state index in [1.807, 2.05) is 0 Å².